The van der Waals surface area contributed by atoms with Crippen LogP contribution in [0.25, 0.3) is 0 Å². The molecule has 0 aromatic heterocycles. The van der Waals surface area contributed by atoms with Crippen molar-refractivity contribution in [3.8, 4) is 0 Å². The number of ether oxygens (including phenoxy) is 1. The van der Waals surface area contributed by atoms with Crippen molar-refractivity contribution in [3.05, 3.63) is 0 Å². The maximum atomic E-state index is 10.9. The number of carbonyl (C=O) groups excluding carboxylic acids is 1. The van der Waals surface area contributed by atoms with Crippen LogP contribution < -0.4 is 10.6 Å². The largest absolute Gasteiger partial charge is 0.465 e. The highest BCUT2D eigenvalue weighted by atomic mass is 16.5. The van der Waals surface area contributed by atoms with Gasteiger partial charge in [0.2, 0.25) is 0 Å². The molecule has 1 saturated heterocycles. The number of carbonyl (C=O) groups is 1. The fourth-order valence-corrected chi connectivity index (χ4v) is 0.894. The smallest absolute Gasteiger partial charge is 0.324 e. The molecule has 0 aromatic rings. The predicted octanol–water partition coefficient (Wildman–Crippen LogP) is -0.932. The Kier molecular flexibility index (Phi) is 2.65. The van der Waals surface area contributed by atoms with E-state index >= 15 is 0 Å². The molecule has 1 fully saturated rings. The molecule has 1 atom stereocenters. The van der Waals surface area contributed by atoms with Crippen molar-refractivity contribution < 1.29 is 9.53 Å². The molecule has 1 aliphatic heterocycles. The lowest BCUT2D eigenvalue weighted by Gasteiger charge is -2.06. The van der Waals surface area contributed by atoms with Crippen molar-refractivity contribution in [2.45, 2.75) is 13.0 Å². The molecule has 10 heavy (non-hydrogen) atoms. The van der Waals surface area contributed by atoms with Crippen LogP contribution in [0.15, 0.2) is 0 Å². The van der Waals surface area contributed by atoms with Crippen molar-refractivity contribution in [1.29, 1.82) is 0 Å². The number of hydrogen-bond donors (Lipinski definition) is 2. The highest BCUT2D eigenvalue weighted by Crippen LogP contribution is 1.91. The van der Waals surface area contributed by atoms with E-state index in [1.807, 2.05) is 0 Å². The van der Waals surface area contributed by atoms with E-state index < -0.39 is 0 Å². The van der Waals surface area contributed by atoms with Crippen LogP contribution in [0.1, 0.15) is 6.92 Å². The SMILES string of the molecule is CCOC(=O)C1CNCN1. The average Bonchev–Trinajstić information content (AvgIpc) is 2.38. The molecule has 4 heteroatoms. The van der Waals surface area contributed by atoms with Crippen LogP contribution >= 0.6 is 0 Å². The van der Waals surface area contributed by atoms with Crippen LogP contribution in [0, 0.1) is 0 Å². The summed E-state index contributed by atoms with van der Waals surface area (Å²) in [7, 11) is 0. The Morgan fingerprint density at radius 1 is 1.80 bits per heavy atom. The quantitative estimate of drug-likeness (QED) is 0.491. The first kappa shape index (κ1) is 7.50. The first-order valence-electron chi connectivity index (χ1n) is 3.45. The maximum Gasteiger partial charge on any atom is 0.324 e. The van der Waals surface area contributed by atoms with Crippen molar-refractivity contribution in [2.75, 3.05) is 19.8 Å². The van der Waals surface area contributed by atoms with Gasteiger partial charge in [-0.25, -0.2) is 0 Å². The summed E-state index contributed by atoms with van der Waals surface area (Å²) in [6, 6.07) is -0.139. The zero-order valence-corrected chi connectivity index (χ0v) is 6.02. The summed E-state index contributed by atoms with van der Waals surface area (Å²) in [6.45, 7) is 3.64. The summed E-state index contributed by atoms with van der Waals surface area (Å²) in [5.41, 5.74) is 0. The molecule has 0 spiro atoms. The van der Waals surface area contributed by atoms with Gasteiger partial charge in [0.05, 0.1) is 6.61 Å². The van der Waals surface area contributed by atoms with Crippen LogP contribution in [0.3, 0.4) is 0 Å². The monoisotopic (exact) mass is 144 g/mol. The van der Waals surface area contributed by atoms with Gasteiger partial charge in [0.25, 0.3) is 0 Å². The minimum atomic E-state index is -0.160. The molecule has 0 bridgehead atoms. The Balaban J connectivity index is 2.25. The lowest BCUT2D eigenvalue weighted by Crippen LogP contribution is -2.34. The Labute approximate surface area is 59.9 Å². The van der Waals surface area contributed by atoms with Gasteiger partial charge in [0.1, 0.15) is 6.04 Å². The normalized spacial score (nSPS) is 24.7. The van der Waals surface area contributed by atoms with Gasteiger partial charge in [-0.3, -0.25) is 10.1 Å². The van der Waals surface area contributed by atoms with Crippen LogP contribution in [0.5, 0.6) is 0 Å². The van der Waals surface area contributed by atoms with Gasteiger partial charge in [-0.05, 0) is 6.92 Å². The molecular weight excluding hydrogens is 132 g/mol. The zero-order chi connectivity index (χ0) is 7.40. The second-order valence-corrected chi connectivity index (χ2v) is 2.14. The third-order valence-electron chi connectivity index (χ3n) is 1.39. The Morgan fingerprint density at radius 2 is 2.60 bits per heavy atom. The molecule has 2 N–H and O–H groups in total. The molecule has 0 saturated carbocycles. The van der Waals surface area contributed by atoms with E-state index in [0.717, 1.165) is 0 Å². The predicted molar refractivity (Wildman–Crippen MR) is 36.4 cm³/mol. The van der Waals surface area contributed by atoms with Crippen molar-refractivity contribution in [2.24, 2.45) is 0 Å². The number of nitrogens with one attached hydrogen (secondary N) is 2. The number of esters is 1. The Bertz CT molecular complexity index is 121. The second-order valence-electron chi connectivity index (χ2n) is 2.14. The third kappa shape index (κ3) is 1.68. The van der Waals surface area contributed by atoms with Gasteiger partial charge in [-0.1, -0.05) is 0 Å². The first-order valence-corrected chi connectivity index (χ1v) is 3.45. The van der Waals surface area contributed by atoms with Crippen LogP contribution in [0.4, 0.5) is 0 Å². The number of hydrogen-bond acceptors (Lipinski definition) is 4. The summed E-state index contributed by atoms with van der Waals surface area (Å²) >= 11 is 0. The lowest BCUT2D eigenvalue weighted by molar-refractivity contribution is -0.144. The van der Waals surface area contributed by atoms with E-state index in [9.17, 15) is 4.79 Å². The maximum absolute atomic E-state index is 10.9. The Morgan fingerprint density at radius 3 is 3.10 bits per heavy atom. The van der Waals surface area contributed by atoms with Crippen LogP contribution in [-0.2, 0) is 9.53 Å². The summed E-state index contributed by atoms with van der Waals surface area (Å²) in [4.78, 5) is 10.9. The van der Waals surface area contributed by atoms with E-state index in [1.54, 1.807) is 6.92 Å². The van der Waals surface area contributed by atoms with Crippen molar-refractivity contribution in [3.63, 3.8) is 0 Å². The summed E-state index contributed by atoms with van der Waals surface area (Å²) < 4.78 is 4.78. The van der Waals surface area contributed by atoms with Crippen molar-refractivity contribution >= 4 is 5.97 Å². The Hall–Kier alpha value is -0.610. The van der Waals surface area contributed by atoms with Crippen molar-refractivity contribution in [1.82, 2.24) is 10.6 Å². The molecule has 0 amide bonds. The van der Waals surface area contributed by atoms with Crippen LogP contribution in [-0.4, -0.2) is 31.8 Å². The minimum Gasteiger partial charge on any atom is -0.465 e. The molecule has 0 aliphatic carbocycles. The molecule has 1 unspecified atom stereocenters. The fourth-order valence-electron chi connectivity index (χ4n) is 0.894. The summed E-state index contributed by atoms with van der Waals surface area (Å²) in [6.07, 6.45) is 0. The molecule has 1 aliphatic rings. The lowest BCUT2D eigenvalue weighted by atomic mass is 10.3. The van der Waals surface area contributed by atoms with E-state index in [4.69, 9.17) is 4.74 Å². The average molecular weight is 144 g/mol. The van der Waals surface area contributed by atoms with E-state index in [2.05, 4.69) is 10.6 Å². The molecule has 58 valence electrons. The van der Waals surface area contributed by atoms with E-state index in [-0.39, 0.29) is 12.0 Å². The molecule has 1 rings (SSSR count). The minimum absolute atomic E-state index is 0.139. The molecule has 0 aromatic carbocycles. The second kappa shape index (κ2) is 3.53. The van der Waals surface area contributed by atoms with Gasteiger partial charge in [0, 0.05) is 13.2 Å². The third-order valence-corrected chi connectivity index (χ3v) is 1.39. The standard InChI is InChI=1S/C6H12N2O2/c1-2-10-6(9)5-3-7-4-8-5/h5,7-8H,2-4H2,1H3. The highest BCUT2D eigenvalue weighted by molar-refractivity contribution is 5.76. The zero-order valence-electron chi connectivity index (χ0n) is 6.02. The van der Waals surface area contributed by atoms with Gasteiger partial charge in [-0.2, -0.15) is 0 Å². The summed E-state index contributed by atoms with van der Waals surface area (Å²) in [5.74, 6) is -0.160. The number of rotatable bonds is 2. The fraction of sp³-hybridized carbons (Fsp3) is 0.833. The molecule has 4 nitrogen and oxygen atoms in total. The topological polar surface area (TPSA) is 50.4 Å². The van der Waals surface area contributed by atoms with E-state index in [0.29, 0.717) is 19.8 Å². The highest BCUT2D eigenvalue weighted by Gasteiger charge is 2.22. The molecule has 1 heterocycles. The van der Waals surface area contributed by atoms with Gasteiger partial charge >= 0.3 is 5.97 Å². The summed E-state index contributed by atoms with van der Waals surface area (Å²) in [5, 5.41) is 5.96. The molecular formula is C6H12N2O2. The van der Waals surface area contributed by atoms with Gasteiger partial charge in [0.15, 0.2) is 0 Å². The first-order chi connectivity index (χ1) is 4.84. The van der Waals surface area contributed by atoms with E-state index in [1.165, 1.54) is 0 Å². The molecule has 0 radical (unpaired) electrons. The van der Waals surface area contributed by atoms with Crippen LogP contribution in [0.2, 0.25) is 0 Å². The van der Waals surface area contributed by atoms with Gasteiger partial charge < -0.3 is 10.1 Å². The van der Waals surface area contributed by atoms with Gasteiger partial charge in [-0.15, -0.1) is 0 Å².